The van der Waals surface area contributed by atoms with E-state index >= 15 is 0 Å². The predicted molar refractivity (Wildman–Crippen MR) is 118 cm³/mol. The molecule has 2 aromatic rings. The van der Waals surface area contributed by atoms with Crippen LogP contribution >= 0.6 is 0 Å². The van der Waals surface area contributed by atoms with Crippen LogP contribution in [0.1, 0.15) is 85.7 Å². The first-order valence-corrected chi connectivity index (χ1v) is 11.7. The van der Waals surface area contributed by atoms with Crippen molar-refractivity contribution in [1.29, 1.82) is 5.26 Å². The molecule has 4 rings (SSSR count). The highest BCUT2D eigenvalue weighted by atomic mass is 19.1. The van der Waals surface area contributed by atoms with Gasteiger partial charge in [0.15, 0.2) is 0 Å². The topological polar surface area (TPSA) is 50.1 Å². The average Bonchev–Trinajstić information content (AvgIpc) is 2.79. The summed E-state index contributed by atoms with van der Waals surface area (Å²) >= 11 is 0. The van der Waals surface area contributed by atoms with Crippen LogP contribution in [0.3, 0.4) is 0 Å². The number of carbonyl (C=O) groups is 1. The summed E-state index contributed by atoms with van der Waals surface area (Å²) in [6.07, 6.45) is 9.63. The van der Waals surface area contributed by atoms with Crippen molar-refractivity contribution in [3.63, 3.8) is 0 Å². The minimum atomic E-state index is -0.765. The quantitative estimate of drug-likeness (QED) is 0.368. The number of benzene rings is 2. The van der Waals surface area contributed by atoms with Gasteiger partial charge in [0.2, 0.25) is 0 Å². The Labute approximate surface area is 188 Å². The van der Waals surface area contributed by atoms with E-state index < -0.39 is 11.8 Å². The van der Waals surface area contributed by atoms with Gasteiger partial charge in [0, 0.05) is 6.07 Å². The van der Waals surface area contributed by atoms with Gasteiger partial charge in [-0.15, -0.1) is 0 Å². The van der Waals surface area contributed by atoms with Gasteiger partial charge in [0.1, 0.15) is 23.5 Å². The van der Waals surface area contributed by atoms with Crippen LogP contribution in [0, 0.1) is 40.7 Å². The molecule has 0 saturated heterocycles. The van der Waals surface area contributed by atoms with Gasteiger partial charge in [0.05, 0.1) is 11.1 Å². The van der Waals surface area contributed by atoms with E-state index in [2.05, 4.69) is 6.92 Å². The fraction of sp³-hybridized carbons (Fsp3) is 0.481. The molecular weight excluding hydrogens is 408 g/mol. The van der Waals surface area contributed by atoms with Gasteiger partial charge in [-0.2, -0.15) is 5.26 Å². The summed E-state index contributed by atoms with van der Waals surface area (Å²) in [6.45, 7) is 2.26. The first kappa shape index (κ1) is 22.5. The van der Waals surface area contributed by atoms with E-state index in [9.17, 15) is 13.6 Å². The second kappa shape index (κ2) is 9.81. The van der Waals surface area contributed by atoms with Gasteiger partial charge in [-0.25, -0.2) is 13.6 Å². The van der Waals surface area contributed by atoms with Crippen molar-refractivity contribution in [2.45, 2.75) is 64.2 Å². The lowest BCUT2D eigenvalue weighted by atomic mass is 9.63. The Hall–Kier alpha value is -2.74. The van der Waals surface area contributed by atoms with Gasteiger partial charge in [-0.05, 0) is 85.6 Å². The van der Waals surface area contributed by atoms with E-state index in [1.165, 1.54) is 50.3 Å². The minimum absolute atomic E-state index is 0.0204. The third-order valence-electron chi connectivity index (χ3n) is 7.37. The third kappa shape index (κ3) is 4.85. The highest BCUT2D eigenvalue weighted by Gasteiger charge is 2.36. The summed E-state index contributed by atoms with van der Waals surface area (Å²) in [5.74, 6) is 0.595. The molecule has 0 spiro atoms. The van der Waals surface area contributed by atoms with Crippen LogP contribution in [-0.2, 0) is 0 Å². The molecule has 2 aliphatic carbocycles. The van der Waals surface area contributed by atoms with E-state index in [1.807, 2.05) is 0 Å². The van der Waals surface area contributed by atoms with Gasteiger partial charge >= 0.3 is 5.97 Å². The number of hydrogen-bond acceptors (Lipinski definition) is 3. The van der Waals surface area contributed by atoms with Crippen molar-refractivity contribution in [3.8, 4) is 11.8 Å². The Balaban J connectivity index is 1.41. The van der Waals surface area contributed by atoms with Crippen molar-refractivity contribution in [1.82, 2.24) is 0 Å². The van der Waals surface area contributed by atoms with Crippen molar-refractivity contribution >= 4 is 5.97 Å². The zero-order valence-corrected chi connectivity index (χ0v) is 18.4. The van der Waals surface area contributed by atoms with Crippen LogP contribution in [0.5, 0.6) is 5.75 Å². The summed E-state index contributed by atoms with van der Waals surface area (Å²) in [5, 5.41) is 8.79. The molecule has 2 saturated carbocycles. The molecule has 0 aromatic heterocycles. The molecule has 2 fully saturated rings. The number of nitrogens with zero attached hydrogens (tertiary/aromatic N) is 1. The minimum Gasteiger partial charge on any atom is -0.423 e. The highest BCUT2D eigenvalue weighted by Crippen LogP contribution is 2.48. The molecule has 32 heavy (non-hydrogen) atoms. The van der Waals surface area contributed by atoms with Crippen LogP contribution in [0.2, 0.25) is 0 Å². The van der Waals surface area contributed by atoms with Crippen LogP contribution < -0.4 is 4.74 Å². The first-order chi connectivity index (χ1) is 15.5. The maximum absolute atomic E-state index is 15.0. The lowest BCUT2D eigenvalue weighted by molar-refractivity contribution is 0.0733. The molecule has 0 aliphatic heterocycles. The van der Waals surface area contributed by atoms with Crippen LogP contribution in [0.15, 0.2) is 36.4 Å². The molecular formula is C27H29F2NO2. The van der Waals surface area contributed by atoms with Crippen LogP contribution in [-0.4, -0.2) is 5.97 Å². The number of halogens is 2. The maximum Gasteiger partial charge on any atom is 0.343 e. The molecule has 2 aliphatic rings. The predicted octanol–water partition coefficient (Wildman–Crippen LogP) is 7.16. The van der Waals surface area contributed by atoms with E-state index in [0.717, 1.165) is 37.2 Å². The fourth-order valence-electron chi connectivity index (χ4n) is 5.74. The Bertz CT molecular complexity index is 1030. The number of hydrogen-bond donors (Lipinski definition) is 0. The summed E-state index contributed by atoms with van der Waals surface area (Å²) < 4.78 is 33.9. The van der Waals surface area contributed by atoms with Crippen LogP contribution in [0.25, 0.3) is 0 Å². The average molecular weight is 438 g/mol. The standard InChI is InChI=1S/C27H29F2NO2/c1-2-3-17-4-5-19-13-20(7-6-18(19)12-17)24-11-9-21(14-26(24)29)27(31)32-23-10-8-22(16-30)25(28)15-23/h8-11,14-15,17-20H,2-7,12-13H2,1H3. The molecule has 168 valence electrons. The molecule has 0 radical (unpaired) electrons. The van der Waals surface area contributed by atoms with E-state index in [1.54, 1.807) is 18.2 Å². The Morgan fingerprint density at radius 2 is 1.81 bits per heavy atom. The number of ether oxygens (including phenoxy) is 1. The largest absolute Gasteiger partial charge is 0.423 e. The van der Waals surface area contributed by atoms with E-state index in [-0.39, 0.29) is 28.6 Å². The summed E-state index contributed by atoms with van der Waals surface area (Å²) in [6, 6.07) is 9.80. The number of carbonyl (C=O) groups excluding carboxylic acids is 1. The zero-order valence-electron chi connectivity index (χ0n) is 18.4. The van der Waals surface area contributed by atoms with E-state index in [4.69, 9.17) is 10.00 Å². The Kier molecular flexibility index (Phi) is 6.89. The molecule has 0 heterocycles. The monoisotopic (exact) mass is 437 g/mol. The first-order valence-electron chi connectivity index (χ1n) is 11.7. The van der Waals surface area contributed by atoms with Crippen molar-refractivity contribution in [2.75, 3.05) is 0 Å². The number of rotatable bonds is 5. The second-order valence-corrected chi connectivity index (χ2v) is 9.38. The van der Waals surface area contributed by atoms with Gasteiger partial charge in [0.25, 0.3) is 0 Å². The molecule has 5 heteroatoms. The fourth-order valence-corrected chi connectivity index (χ4v) is 5.74. The lowest BCUT2D eigenvalue weighted by Gasteiger charge is -2.42. The molecule has 0 N–H and O–H groups in total. The van der Waals surface area contributed by atoms with Gasteiger partial charge in [-0.1, -0.05) is 32.3 Å². The number of nitriles is 1. The normalized spacial score (nSPS) is 24.9. The number of fused-ring (bicyclic) bond motifs is 1. The Morgan fingerprint density at radius 3 is 2.53 bits per heavy atom. The van der Waals surface area contributed by atoms with Crippen molar-refractivity contribution in [3.05, 3.63) is 64.7 Å². The SMILES string of the molecule is CCCC1CCC2CC(c3ccc(C(=O)Oc4ccc(C#N)c(F)c4)cc3F)CCC2C1. The molecule has 4 atom stereocenters. The maximum atomic E-state index is 15.0. The van der Waals surface area contributed by atoms with Crippen LogP contribution in [0.4, 0.5) is 8.78 Å². The number of esters is 1. The summed E-state index contributed by atoms with van der Waals surface area (Å²) in [4.78, 5) is 12.4. The van der Waals surface area contributed by atoms with E-state index in [0.29, 0.717) is 11.5 Å². The summed E-state index contributed by atoms with van der Waals surface area (Å²) in [5.41, 5.74) is 0.638. The van der Waals surface area contributed by atoms with Crippen molar-refractivity contribution < 1.29 is 18.3 Å². The molecule has 2 aromatic carbocycles. The highest BCUT2D eigenvalue weighted by molar-refractivity contribution is 5.91. The Morgan fingerprint density at radius 1 is 1.03 bits per heavy atom. The lowest BCUT2D eigenvalue weighted by Crippen LogP contribution is -2.30. The smallest absolute Gasteiger partial charge is 0.343 e. The van der Waals surface area contributed by atoms with Gasteiger partial charge in [-0.3, -0.25) is 0 Å². The molecule has 4 unspecified atom stereocenters. The third-order valence-corrected chi connectivity index (χ3v) is 7.37. The molecule has 0 bridgehead atoms. The summed E-state index contributed by atoms with van der Waals surface area (Å²) in [7, 11) is 0. The van der Waals surface area contributed by atoms with Crippen molar-refractivity contribution in [2.24, 2.45) is 17.8 Å². The zero-order chi connectivity index (χ0) is 22.7. The van der Waals surface area contributed by atoms with Gasteiger partial charge < -0.3 is 4.74 Å². The molecule has 3 nitrogen and oxygen atoms in total. The second-order valence-electron chi connectivity index (χ2n) is 9.38. The molecule has 0 amide bonds.